The minimum absolute atomic E-state index is 0.0930. The first-order chi connectivity index (χ1) is 15.9. The number of methoxy groups -OCH3 is 1. The number of nitrogens with zero attached hydrogens (tertiary/aromatic N) is 1. The predicted octanol–water partition coefficient (Wildman–Crippen LogP) is 4.28. The lowest BCUT2D eigenvalue weighted by atomic mass is 9.97. The van der Waals surface area contributed by atoms with Crippen LogP contribution < -0.4 is 14.4 Å². The number of hydrogen-bond donors (Lipinski definition) is 1. The molecule has 3 aromatic rings. The van der Waals surface area contributed by atoms with Gasteiger partial charge in [-0.2, -0.15) is 0 Å². The van der Waals surface area contributed by atoms with Crippen LogP contribution in [0, 0.1) is 5.92 Å². The number of sulfonamides is 1. The van der Waals surface area contributed by atoms with Gasteiger partial charge in [-0.15, -0.1) is 0 Å². The molecule has 0 aliphatic heterocycles. The van der Waals surface area contributed by atoms with E-state index in [-0.39, 0.29) is 23.3 Å². The molecule has 1 atom stereocenters. The molecule has 0 bridgehead atoms. The van der Waals surface area contributed by atoms with Gasteiger partial charge in [0.1, 0.15) is 12.3 Å². The van der Waals surface area contributed by atoms with Gasteiger partial charge in [0.25, 0.3) is 10.0 Å². The van der Waals surface area contributed by atoms with Crippen molar-refractivity contribution >= 4 is 21.6 Å². The summed E-state index contributed by atoms with van der Waals surface area (Å²) in [4.78, 5) is 12.9. The molecule has 0 aromatic heterocycles. The van der Waals surface area contributed by atoms with Crippen molar-refractivity contribution in [1.29, 1.82) is 0 Å². The standard InChI is InChI=1S/C26H30N2O4S/c1-3-21(18-22-10-6-4-7-11-22)19-27-26(29)20-28(23-12-8-5-9-13-23)33(30,31)25-16-14-24(32-2)15-17-25/h4-17,21H,3,18-20H2,1-2H3,(H,27,29). The first-order valence-electron chi connectivity index (χ1n) is 11.0. The van der Waals surface area contributed by atoms with E-state index in [9.17, 15) is 13.2 Å². The smallest absolute Gasteiger partial charge is 0.264 e. The minimum atomic E-state index is -3.95. The molecule has 1 unspecified atom stereocenters. The van der Waals surface area contributed by atoms with E-state index in [0.29, 0.717) is 18.0 Å². The van der Waals surface area contributed by atoms with Gasteiger partial charge in [0.05, 0.1) is 17.7 Å². The quantitative estimate of drug-likeness (QED) is 0.458. The van der Waals surface area contributed by atoms with Gasteiger partial charge in [-0.05, 0) is 54.3 Å². The zero-order chi connectivity index (χ0) is 23.7. The van der Waals surface area contributed by atoms with Gasteiger partial charge in [0.15, 0.2) is 0 Å². The fraction of sp³-hybridized carbons (Fsp3) is 0.269. The van der Waals surface area contributed by atoms with Crippen molar-refractivity contribution in [3.8, 4) is 5.75 Å². The molecule has 0 saturated carbocycles. The van der Waals surface area contributed by atoms with Gasteiger partial charge in [0.2, 0.25) is 5.91 Å². The number of anilines is 1. The lowest BCUT2D eigenvalue weighted by molar-refractivity contribution is -0.119. The fourth-order valence-electron chi connectivity index (χ4n) is 3.54. The average molecular weight is 467 g/mol. The molecular weight excluding hydrogens is 436 g/mol. The van der Waals surface area contributed by atoms with E-state index < -0.39 is 10.0 Å². The third kappa shape index (κ3) is 6.58. The largest absolute Gasteiger partial charge is 0.497 e. The van der Waals surface area contributed by atoms with E-state index >= 15 is 0 Å². The van der Waals surface area contributed by atoms with Crippen molar-refractivity contribution in [1.82, 2.24) is 5.32 Å². The summed E-state index contributed by atoms with van der Waals surface area (Å²) in [5.41, 5.74) is 1.64. The Morgan fingerprint density at radius 1 is 0.939 bits per heavy atom. The van der Waals surface area contributed by atoms with Gasteiger partial charge in [-0.3, -0.25) is 9.10 Å². The number of carbonyl (C=O) groups is 1. The lowest BCUT2D eigenvalue weighted by Crippen LogP contribution is -2.42. The van der Waals surface area contributed by atoms with Gasteiger partial charge in [-0.25, -0.2) is 8.42 Å². The third-order valence-electron chi connectivity index (χ3n) is 5.51. The summed E-state index contributed by atoms with van der Waals surface area (Å²) in [6.45, 7) is 2.26. The van der Waals surface area contributed by atoms with Crippen molar-refractivity contribution in [2.45, 2.75) is 24.7 Å². The summed E-state index contributed by atoms with van der Waals surface area (Å²) in [6, 6.07) is 24.9. The zero-order valence-corrected chi connectivity index (χ0v) is 19.8. The summed E-state index contributed by atoms with van der Waals surface area (Å²) in [6.07, 6.45) is 1.76. The van der Waals surface area contributed by atoms with Crippen LogP contribution in [0.4, 0.5) is 5.69 Å². The SMILES string of the molecule is CCC(CNC(=O)CN(c1ccccc1)S(=O)(=O)c1ccc(OC)cc1)Cc1ccccc1. The van der Waals surface area contributed by atoms with Crippen molar-refractivity contribution in [3.05, 3.63) is 90.5 Å². The van der Waals surface area contributed by atoms with E-state index in [1.54, 1.807) is 42.5 Å². The summed E-state index contributed by atoms with van der Waals surface area (Å²) in [7, 11) is -2.43. The Balaban J connectivity index is 1.74. The lowest BCUT2D eigenvalue weighted by Gasteiger charge is -2.25. The van der Waals surface area contributed by atoms with Gasteiger partial charge >= 0.3 is 0 Å². The van der Waals surface area contributed by atoms with Gasteiger partial charge < -0.3 is 10.1 Å². The van der Waals surface area contributed by atoms with Crippen LogP contribution in [0.1, 0.15) is 18.9 Å². The highest BCUT2D eigenvalue weighted by atomic mass is 32.2. The van der Waals surface area contributed by atoms with E-state index in [1.807, 2.05) is 18.2 Å². The Morgan fingerprint density at radius 3 is 2.12 bits per heavy atom. The number of carbonyl (C=O) groups excluding carboxylic acids is 1. The number of ether oxygens (including phenoxy) is 1. The first kappa shape index (κ1) is 24.3. The third-order valence-corrected chi connectivity index (χ3v) is 7.30. The van der Waals surface area contributed by atoms with Crippen molar-refractivity contribution in [2.24, 2.45) is 5.92 Å². The summed E-state index contributed by atoms with van der Waals surface area (Å²) in [5.74, 6) is 0.476. The van der Waals surface area contributed by atoms with Crippen LogP contribution in [0.5, 0.6) is 5.75 Å². The summed E-state index contributed by atoms with van der Waals surface area (Å²) < 4.78 is 33.1. The molecule has 0 heterocycles. The first-order valence-corrected chi connectivity index (χ1v) is 12.4. The van der Waals surface area contributed by atoms with Crippen LogP contribution in [0.2, 0.25) is 0 Å². The number of hydrogen-bond acceptors (Lipinski definition) is 4. The van der Waals surface area contributed by atoms with Crippen molar-refractivity contribution in [3.63, 3.8) is 0 Å². The summed E-state index contributed by atoms with van der Waals surface area (Å²) >= 11 is 0. The molecule has 0 saturated heterocycles. The number of rotatable bonds is 11. The Labute approximate surface area is 196 Å². The Kier molecular flexibility index (Phi) is 8.49. The molecule has 6 nitrogen and oxygen atoms in total. The monoisotopic (exact) mass is 466 g/mol. The molecule has 0 aliphatic rings. The van der Waals surface area contributed by atoms with Gasteiger partial charge in [-0.1, -0.05) is 61.9 Å². The molecule has 1 amide bonds. The van der Waals surface area contributed by atoms with Gasteiger partial charge in [0, 0.05) is 6.54 Å². The molecule has 0 radical (unpaired) electrons. The molecule has 1 N–H and O–H groups in total. The zero-order valence-electron chi connectivity index (χ0n) is 19.0. The molecule has 0 spiro atoms. The van der Waals surface area contributed by atoms with E-state index in [1.165, 1.54) is 24.8 Å². The second kappa shape index (κ2) is 11.5. The van der Waals surface area contributed by atoms with Crippen LogP contribution in [0.25, 0.3) is 0 Å². The van der Waals surface area contributed by atoms with Crippen LogP contribution in [-0.4, -0.2) is 34.5 Å². The maximum atomic E-state index is 13.4. The second-order valence-electron chi connectivity index (χ2n) is 7.79. The van der Waals surface area contributed by atoms with Crippen LogP contribution in [0.3, 0.4) is 0 Å². The molecule has 0 fully saturated rings. The Bertz CT molecular complexity index is 1120. The predicted molar refractivity (Wildman–Crippen MR) is 131 cm³/mol. The van der Waals surface area contributed by atoms with Crippen LogP contribution >= 0.6 is 0 Å². The van der Waals surface area contributed by atoms with E-state index in [0.717, 1.165) is 17.1 Å². The summed E-state index contributed by atoms with van der Waals surface area (Å²) in [5, 5.41) is 2.93. The van der Waals surface area contributed by atoms with Crippen LogP contribution in [0.15, 0.2) is 89.8 Å². The molecule has 3 rings (SSSR count). The van der Waals surface area contributed by atoms with Crippen molar-refractivity contribution in [2.75, 3.05) is 24.5 Å². The van der Waals surface area contributed by atoms with Crippen LogP contribution in [-0.2, 0) is 21.2 Å². The number of amides is 1. The maximum Gasteiger partial charge on any atom is 0.264 e. The fourth-order valence-corrected chi connectivity index (χ4v) is 4.96. The number of benzene rings is 3. The molecular formula is C26H30N2O4S. The van der Waals surface area contributed by atoms with E-state index in [2.05, 4.69) is 24.4 Å². The molecule has 0 aliphatic carbocycles. The Morgan fingerprint density at radius 2 is 1.55 bits per heavy atom. The van der Waals surface area contributed by atoms with Crippen molar-refractivity contribution < 1.29 is 17.9 Å². The molecule has 3 aromatic carbocycles. The topological polar surface area (TPSA) is 75.7 Å². The highest BCUT2D eigenvalue weighted by molar-refractivity contribution is 7.92. The second-order valence-corrected chi connectivity index (χ2v) is 9.65. The highest BCUT2D eigenvalue weighted by Gasteiger charge is 2.27. The normalized spacial score (nSPS) is 12.1. The molecule has 33 heavy (non-hydrogen) atoms. The Hall–Kier alpha value is -3.32. The maximum absolute atomic E-state index is 13.4. The number of nitrogens with one attached hydrogen (secondary N) is 1. The average Bonchev–Trinajstić information content (AvgIpc) is 2.86. The number of para-hydroxylation sites is 1. The van der Waals surface area contributed by atoms with E-state index in [4.69, 9.17) is 4.74 Å². The highest BCUT2D eigenvalue weighted by Crippen LogP contribution is 2.25. The minimum Gasteiger partial charge on any atom is -0.497 e. The molecule has 7 heteroatoms. The molecule has 174 valence electrons.